The van der Waals surface area contributed by atoms with Gasteiger partial charge in [-0.25, -0.2) is 13.2 Å². The molecule has 2 aromatic carbocycles. The van der Waals surface area contributed by atoms with Gasteiger partial charge in [0.2, 0.25) is 0 Å². The zero-order chi connectivity index (χ0) is 23.8. The fourth-order valence-electron chi connectivity index (χ4n) is 3.22. The molecule has 1 N–H and O–H groups in total. The third kappa shape index (κ3) is 5.01. The number of carbonyl (C=O) groups excluding carboxylic acids is 3. The zero-order valence-corrected chi connectivity index (χ0v) is 19.4. The number of fused-ring (bicyclic) bond motifs is 3. The molecule has 0 radical (unpaired) electrons. The van der Waals surface area contributed by atoms with Crippen LogP contribution < -0.4 is 10.2 Å². The first-order valence-electron chi connectivity index (χ1n) is 9.84. The Bertz CT molecular complexity index is 1270. The molecule has 0 aromatic heterocycles. The summed E-state index contributed by atoms with van der Waals surface area (Å²) in [6, 6.07) is 11.2. The van der Waals surface area contributed by atoms with Gasteiger partial charge < -0.3 is 19.9 Å². The van der Waals surface area contributed by atoms with Crippen LogP contribution in [-0.4, -0.2) is 69.3 Å². The Morgan fingerprint density at radius 3 is 2.52 bits per heavy atom. The van der Waals surface area contributed by atoms with Crippen LogP contribution in [-0.2, 0) is 19.6 Å². The molecule has 33 heavy (non-hydrogen) atoms. The minimum Gasteiger partial charge on any atom is -0.452 e. The van der Waals surface area contributed by atoms with Gasteiger partial charge in [-0.2, -0.15) is 0 Å². The normalized spacial score (nSPS) is 15.7. The number of hydrogen-bond acceptors (Lipinski definition) is 8. The molecule has 172 valence electrons. The van der Waals surface area contributed by atoms with Crippen molar-refractivity contribution >= 4 is 56.1 Å². The van der Waals surface area contributed by atoms with Crippen molar-refractivity contribution in [3.63, 3.8) is 0 Å². The summed E-state index contributed by atoms with van der Waals surface area (Å²) >= 11 is 1.17. The maximum atomic E-state index is 12.4. The molecule has 0 saturated heterocycles. The Balaban J connectivity index is 1.34. The van der Waals surface area contributed by atoms with E-state index in [0.717, 1.165) is 5.69 Å². The van der Waals surface area contributed by atoms with E-state index in [0.29, 0.717) is 27.9 Å². The number of rotatable bonds is 5. The highest BCUT2D eigenvalue weighted by molar-refractivity contribution is 8.15. The van der Waals surface area contributed by atoms with E-state index in [2.05, 4.69) is 9.71 Å². The fraction of sp³-hybridized carbons (Fsp3) is 0.238. The number of carbonyl (C=O) groups is 3. The zero-order valence-electron chi connectivity index (χ0n) is 17.8. The molecule has 2 heterocycles. The van der Waals surface area contributed by atoms with Gasteiger partial charge in [0.1, 0.15) is 0 Å². The molecule has 0 unspecified atom stereocenters. The molecule has 2 amide bonds. The van der Waals surface area contributed by atoms with Crippen LogP contribution in [0.1, 0.15) is 20.7 Å². The summed E-state index contributed by atoms with van der Waals surface area (Å²) in [6.45, 7) is -0.187. The van der Waals surface area contributed by atoms with Crippen molar-refractivity contribution < 1.29 is 27.5 Å². The molecule has 0 aliphatic carbocycles. The second kappa shape index (κ2) is 8.87. The number of sulfonamides is 1. The van der Waals surface area contributed by atoms with Crippen molar-refractivity contribution in [1.82, 2.24) is 4.90 Å². The smallest absolute Gasteiger partial charge is 0.338 e. The highest BCUT2D eigenvalue weighted by Crippen LogP contribution is 2.42. The molecule has 12 heteroatoms. The number of thioether (sulfide) groups is 1. The molecular formula is C21H20N4O6S2. The van der Waals surface area contributed by atoms with Crippen LogP contribution >= 0.6 is 11.8 Å². The largest absolute Gasteiger partial charge is 0.452 e. The first-order valence-corrected chi connectivity index (χ1v) is 12.3. The minimum absolute atomic E-state index is 0.0654. The standard InChI is InChI=1S/C21H20N4O6S2/c1-24(2)19(27)13-3-6-15(7-4-13)22-18(26)12-31-20(28)14-5-8-16-17(11-14)32-21-23-33(29,30)10-9-25(16)21/h3-8,11H,9-10,12H2,1-2H3,(H,22,26). The fourth-order valence-corrected chi connectivity index (χ4v) is 5.52. The molecule has 2 aliphatic heterocycles. The van der Waals surface area contributed by atoms with Crippen LogP contribution in [0.3, 0.4) is 0 Å². The monoisotopic (exact) mass is 488 g/mol. The molecule has 0 fully saturated rings. The number of amidine groups is 1. The third-order valence-corrected chi connectivity index (χ3v) is 7.17. The summed E-state index contributed by atoms with van der Waals surface area (Å²) in [5.41, 5.74) is 1.97. The summed E-state index contributed by atoms with van der Waals surface area (Å²) in [4.78, 5) is 40.4. The van der Waals surface area contributed by atoms with Crippen LogP contribution in [0.25, 0.3) is 0 Å². The molecule has 0 atom stereocenters. The summed E-state index contributed by atoms with van der Waals surface area (Å²) in [7, 11) is -0.169. The summed E-state index contributed by atoms with van der Waals surface area (Å²) in [5, 5.41) is 2.96. The summed E-state index contributed by atoms with van der Waals surface area (Å²) in [5.74, 6) is -1.43. The highest BCUT2D eigenvalue weighted by atomic mass is 32.2. The van der Waals surface area contributed by atoms with E-state index in [9.17, 15) is 22.8 Å². The SMILES string of the molecule is CN(C)C(=O)c1ccc(NC(=O)COC(=O)c2ccc3c(c2)SC2=NS(=O)(=O)CCN23)cc1. The molecule has 0 saturated carbocycles. The number of esters is 1. The van der Waals surface area contributed by atoms with Gasteiger partial charge in [-0.05, 0) is 54.2 Å². The second-order valence-electron chi connectivity index (χ2n) is 7.50. The summed E-state index contributed by atoms with van der Waals surface area (Å²) in [6.07, 6.45) is 0. The van der Waals surface area contributed by atoms with Gasteiger partial charge in [-0.15, -0.1) is 4.40 Å². The highest BCUT2D eigenvalue weighted by Gasteiger charge is 2.33. The molecule has 4 rings (SSSR count). The predicted molar refractivity (Wildman–Crippen MR) is 124 cm³/mol. The van der Waals surface area contributed by atoms with Gasteiger partial charge >= 0.3 is 5.97 Å². The van der Waals surface area contributed by atoms with Gasteiger partial charge in [0.05, 0.1) is 17.0 Å². The maximum absolute atomic E-state index is 12.4. The quantitative estimate of drug-likeness (QED) is 0.632. The molecule has 2 aliphatic rings. The topological polar surface area (TPSA) is 125 Å². The summed E-state index contributed by atoms with van der Waals surface area (Å²) < 4.78 is 32.3. The van der Waals surface area contributed by atoms with Gasteiger partial charge in [0.15, 0.2) is 11.8 Å². The van der Waals surface area contributed by atoms with Gasteiger partial charge in [-0.1, -0.05) is 0 Å². The van der Waals surface area contributed by atoms with Crippen molar-refractivity contribution in [2.45, 2.75) is 4.90 Å². The number of nitrogens with zero attached hydrogens (tertiary/aromatic N) is 3. The molecular weight excluding hydrogens is 468 g/mol. The molecule has 0 bridgehead atoms. The number of nitrogens with one attached hydrogen (secondary N) is 1. The van der Waals surface area contributed by atoms with Crippen molar-refractivity contribution in [3.8, 4) is 0 Å². The first-order chi connectivity index (χ1) is 15.6. The molecule has 2 aromatic rings. The van der Waals surface area contributed by atoms with Crippen molar-refractivity contribution in [1.29, 1.82) is 0 Å². The predicted octanol–water partition coefficient (Wildman–Crippen LogP) is 1.80. The minimum atomic E-state index is -3.47. The lowest BCUT2D eigenvalue weighted by atomic mass is 10.2. The molecule has 10 nitrogen and oxygen atoms in total. The Morgan fingerprint density at radius 2 is 1.82 bits per heavy atom. The number of ether oxygens (including phenoxy) is 1. The Labute approximate surface area is 194 Å². The van der Waals surface area contributed by atoms with E-state index in [1.54, 1.807) is 61.5 Å². The van der Waals surface area contributed by atoms with E-state index in [1.165, 1.54) is 16.7 Å². The van der Waals surface area contributed by atoms with Crippen molar-refractivity contribution in [2.75, 3.05) is 43.2 Å². The number of hydrogen-bond donors (Lipinski definition) is 1. The van der Waals surface area contributed by atoms with E-state index >= 15 is 0 Å². The maximum Gasteiger partial charge on any atom is 0.338 e. The Hall–Kier alpha value is -3.38. The Morgan fingerprint density at radius 1 is 1.12 bits per heavy atom. The molecule has 0 spiro atoms. The number of benzene rings is 2. The van der Waals surface area contributed by atoms with E-state index in [4.69, 9.17) is 4.74 Å². The first kappa shape index (κ1) is 22.8. The Kier molecular flexibility index (Phi) is 6.13. The van der Waals surface area contributed by atoms with Gasteiger partial charge in [0, 0.05) is 36.8 Å². The van der Waals surface area contributed by atoms with Gasteiger partial charge in [-0.3, -0.25) is 9.59 Å². The van der Waals surface area contributed by atoms with Crippen molar-refractivity contribution in [2.24, 2.45) is 4.40 Å². The lowest BCUT2D eigenvalue weighted by Crippen LogP contribution is -2.35. The van der Waals surface area contributed by atoms with Crippen LogP contribution in [0, 0.1) is 0 Å². The average molecular weight is 489 g/mol. The van der Waals surface area contributed by atoms with Gasteiger partial charge in [0.25, 0.3) is 21.8 Å². The van der Waals surface area contributed by atoms with E-state index in [1.807, 2.05) is 0 Å². The van der Waals surface area contributed by atoms with Crippen LogP contribution in [0.4, 0.5) is 11.4 Å². The third-order valence-electron chi connectivity index (χ3n) is 4.86. The van der Waals surface area contributed by atoms with E-state index < -0.39 is 28.5 Å². The number of amides is 2. The van der Waals surface area contributed by atoms with Crippen molar-refractivity contribution in [3.05, 3.63) is 53.6 Å². The number of anilines is 2. The average Bonchev–Trinajstić information content (AvgIpc) is 3.12. The van der Waals surface area contributed by atoms with E-state index in [-0.39, 0.29) is 17.2 Å². The van der Waals surface area contributed by atoms with Crippen LogP contribution in [0.15, 0.2) is 51.8 Å². The lowest BCUT2D eigenvalue weighted by Gasteiger charge is -2.22. The van der Waals surface area contributed by atoms with Crippen LogP contribution in [0.2, 0.25) is 0 Å². The lowest BCUT2D eigenvalue weighted by molar-refractivity contribution is -0.119. The second-order valence-corrected chi connectivity index (χ2v) is 10.3. The van der Waals surface area contributed by atoms with Crippen LogP contribution in [0.5, 0.6) is 0 Å².